The average Bonchev–Trinajstić information content (AvgIpc) is 2.08. The van der Waals surface area contributed by atoms with E-state index in [1.807, 2.05) is 39.0 Å². The summed E-state index contributed by atoms with van der Waals surface area (Å²) in [5, 5.41) is 8.93. The molecule has 0 atom stereocenters. The van der Waals surface area contributed by atoms with E-state index >= 15 is 0 Å². The quantitative estimate of drug-likeness (QED) is 0.773. The van der Waals surface area contributed by atoms with Crippen molar-refractivity contribution < 1.29 is 9.84 Å². The van der Waals surface area contributed by atoms with Crippen molar-refractivity contribution in [3.8, 4) is 5.75 Å². The minimum atomic E-state index is 0.0642. The summed E-state index contributed by atoms with van der Waals surface area (Å²) in [4.78, 5) is 0. The summed E-state index contributed by atoms with van der Waals surface area (Å²) >= 11 is 0. The topological polar surface area (TPSA) is 29.5 Å². The predicted molar refractivity (Wildman–Crippen MR) is 52.9 cm³/mol. The molecule has 72 valence electrons. The van der Waals surface area contributed by atoms with Crippen LogP contribution in [-0.4, -0.2) is 11.2 Å². The molecule has 0 unspecified atom stereocenters. The fraction of sp³-hybridized carbons (Fsp3) is 0.455. The highest BCUT2D eigenvalue weighted by atomic mass is 16.5. The molecule has 0 saturated heterocycles. The largest absolute Gasteiger partial charge is 0.491 e. The molecule has 1 aromatic rings. The summed E-state index contributed by atoms with van der Waals surface area (Å²) in [5.41, 5.74) is 1.99. The molecule has 0 aliphatic rings. The van der Waals surface area contributed by atoms with E-state index in [-0.39, 0.29) is 12.7 Å². The normalized spacial score (nSPS) is 10.5. The molecule has 0 radical (unpaired) electrons. The monoisotopic (exact) mass is 180 g/mol. The van der Waals surface area contributed by atoms with Crippen LogP contribution in [0.3, 0.4) is 0 Å². The number of hydrogen-bond acceptors (Lipinski definition) is 2. The summed E-state index contributed by atoms with van der Waals surface area (Å²) < 4.78 is 5.58. The van der Waals surface area contributed by atoms with Crippen molar-refractivity contribution in [1.82, 2.24) is 0 Å². The van der Waals surface area contributed by atoms with Crippen molar-refractivity contribution in [2.75, 3.05) is 0 Å². The van der Waals surface area contributed by atoms with Crippen LogP contribution in [0.2, 0.25) is 0 Å². The average molecular weight is 180 g/mol. The minimum absolute atomic E-state index is 0.0642. The van der Waals surface area contributed by atoms with Crippen LogP contribution in [0.4, 0.5) is 0 Å². The molecule has 1 N–H and O–H groups in total. The Morgan fingerprint density at radius 2 is 2.08 bits per heavy atom. The van der Waals surface area contributed by atoms with Gasteiger partial charge >= 0.3 is 0 Å². The standard InChI is InChI=1S/C11H16O2/c1-8(2)13-11-6-10(7-12)5-4-9(11)3/h4-6,8,12H,7H2,1-3H3. The molecule has 0 aliphatic heterocycles. The highest BCUT2D eigenvalue weighted by molar-refractivity contribution is 5.36. The van der Waals surface area contributed by atoms with Crippen LogP contribution in [-0.2, 0) is 6.61 Å². The van der Waals surface area contributed by atoms with Crippen molar-refractivity contribution in [2.45, 2.75) is 33.5 Å². The zero-order valence-electron chi connectivity index (χ0n) is 8.37. The lowest BCUT2D eigenvalue weighted by Crippen LogP contribution is -2.06. The highest BCUT2D eigenvalue weighted by Crippen LogP contribution is 2.20. The second-order valence-corrected chi connectivity index (χ2v) is 3.42. The molecule has 2 heteroatoms. The van der Waals surface area contributed by atoms with Gasteiger partial charge in [0.05, 0.1) is 12.7 Å². The lowest BCUT2D eigenvalue weighted by atomic mass is 10.1. The van der Waals surface area contributed by atoms with E-state index in [1.54, 1.807) is 0 Å². The Labute approximate surface area is 79.2 Å². The third-order valence-corrected chi connectivity index (χ3v) is 1.80. The van der Waals surface area contributed by atoms with Gasteiger partial charge in [-0.1, -0.05) is 12.1 Å². The SMILES string of the molecule is Cc1ccc(CO)cc1OC(C)C. The molecule has 0 aliphatic carbocycles. The number of aryl methyl sites for hydroxylation is 1. The van der Waals surface area contributed by atoms with Gasteiger partial charge in [-0.2, -0.15) is 0 Å². The number of hydrogen-bond donors (Lipinski definition) is 1. The van der Waals surface area contributed by atoms with Crippen molar-refractivity contribution >= 4 is 0 Å². The zero-order chi connectivity index (χ0) is 9.84. The van der Waals surface area contributed by atoms with Crippen molar-refractivity contribution in [3.05, 3.63) is 29.3 Å². The summed E-state index contributed by atoms with van der Waals surface area (Å²) in [6.45, 7) is 6.05. The third-order valence-electron chi connectivity index (χ3n) is 1.80. The van der Waals surface area contributed by atoms with Gasteiger partial charge in [0.15, 0.2) is 0 Å². The van der Waals surface area contributed by atoms with Gasteiger partial charge in [-0.05, 0) is 38.0 Å². The Hall–Kier alpha value is -1.02. The number of aliphatic hydroxyl groups excluding tert-OH is 1. The molecular formula is C11H16O2. The Bertz CT molecular complexity index is 279. The number of aliphatic hydroxyl groups is 1. The maximum atomic E-state index is 8.93. The predicted octanol–water partition coefficient (Wildman–Crippen LogP) is 2.27. The smallest absolute Gasteiger partial charge is 0.122 e. The summed E-state index contributed by atoms with van der Waals surface area (Å²) in [6, 6.07) is 5.75. The first-order valence-corrected chi connectivity index (χ1v) is 4.50. The van der Waals surface area contributed by atoms with Crippen LogP contribution in [0.1, 0.15) is 25.0 Å². The van der Waals surface area contributed by atoms with Crippen molar-refractivity contribution in [3.63, 3.8) is 0 Å². The molecule has 0 amide bonds. The van der Waals surface area contributed by atoms with Crippen LogP contribution in [0.25, 0.3) is 0 Å². The van der Waals surface area contributed by atoms with Crippen LogP contribution in [0.5, 0.6) is 5.75 Å². The van der Waals surface area contributed by atoms with Crippen LogP contribution >= 0.6 is 0 Å². The second kappa shape index (κ2) is 4.28. The maximum absolute atomic E-state index is 8.93. The molecule has 1 aromatic carbocycles. The Kier molecular flexibility index (Phi) is 3.32. The van der Waals surface area contributed by atoms with E-state index in [9.17, 15) is 0 Å². The second-order valence-electron chi connectivity index (χ2n) is 3.42. The van der Waals surface area contributed by atoms with Crippen molar-refractivity contribution in [1.29, 1.82) is 0 Å². The van der Waals surface area contributed by atoms with E-state index in [0.717, 1.165) is 16.9 Å². The van der Waals surface area contributed by atoms with Gasteiger partial charge in [0.1, 0.15) is 5.75 Å². The zero-order valence-corrected chi connectivity index (χ0v) is 8.37. The summed E-state index contributed by atoms with van der Waals surface area (Å²) in [5.74, 6) is 0.863. The van der Waals surface area contributed by atoms with E-state index in [0.29, 0.717) is 0 Å². The third kappa shape index (κ3) is 2.74. The Balaban J connectivity index is 2.90. The molecule has 13 heavy (non-hydrogen) atoms. The lowest BCUT2D eigenvalue weighted by molar-refractivity contribution is 0.238. The molecule has 0 spiro atoms. The number of benzene rings is 1. The minimum Gasteiger partial charge on any atom is -0.491 e. The fourth-order valence-corrected chi connectivity index (χ4v) is 1.12. The first-order chi connectivity index (χ1) is 6.13. The Morgan fingerprint density at radius 3 is 2.62 bits per heavy atom. The lowest BCUT2D eigenvalue weighted by Gasteiger charge is -2.12. The van der Waals surface area contributed by atoms with Crippen LogP contribution in [0.15, 0.2) is 18.2 Å². The van der Waals surface area contributed by atoms with Crippen LogP contribution in [0, 0.1) is 6.92 Å². The van der Waals surface area contributed by atoms with Gasteiger partial charge in [-0.3, -0.25) is 0 Å². The molecule has 0 fully saturated rings. The van der Waals surface area contributed by atoms with Gasteiger partial charge in [0, 0.05) is 0 Å². The fourth-order valence-electron chi connectivity index (χ4n) is 1.12. The number of rotatable bonds is 3. The van der Waals surface area contributed by atoms with Gasteiger partial charge in [-0.25, -0.2) is 0 Å². The molecule has 0 bridgehead atoms. The molecule has 1 rings (SSSR count). The first kappa shape index (κ1) is 10.1. The molecule has 2 nitrogen and oxygen atoms in total. The van der Waals surface area contributed by atoms with E-state index in [4.69, 9.17) is 9.84 Å². The first-order valence-electron chi connectivity index (χ1n) is 4.50. The molecule has 0 aromatic heterocycles. The summed E-state index contributed by atoms with van der Waals surface area (Å²) in [7, 11) is 0. The van der Waals surface area contributed by atoms with E-state index in [1.165, 1.54) is 0 Å². The molecule has 0 heterocycles. The van der Waals surface area contributed by atoms with Gasteiger partial charge in [0.2, 0.25) is 0 Å². The number of ether oxygens (including phenoxy) is 1. The maximum Gasteiger partial charge on any atom is 0.122 e. The van der Waals surface area contributed by atoms with E-state index in [2.05, 4.69) is 0 Å². The Morgan fingerprint density at radius 1 is 1.38 bits per heavy atom. The highest BCUT2D eigenvalue weighted by Gasteiger charge is 2.02. The van der Waals surface area contributed by atoms with Gasteiger partial charge < -0.3 is 9.84 Å². The van der Waals surface area contributed by atoms with Crippen LogP contribution < -0.4 is 4.74 Å². The molecule has 0 saturated carbocycles. The van der Waals surface area contributed by atoms with Crippen molar-refractivity contribution in [2.24, 2.45) is 0 Å². The van der Waals surface area contributed by atoms with Gasteiger partial charge in [-0.15, -0.1) is 0 Å². The van der Waals surface area contributed by atoms with E-state index < -0.39 is 0 Å². The molecular weight excluding hydrogens is 164 g/mol. The summed E-state index contributed by atoms with van der Waals surface area (Å²) in [6.07, 6.45) is 0.174. The van der Waals surface area contributed by atoms with Gasteiger partial charge in [0.25, 0.3) is 0 Å².